The lowest BCUT2D eigenvalue weighted by Crippen LogP contribution is -2.74. The molecule has 0 aromatic carbocycles. The first-order valence-electron chi connectivity index (χ1n) is 7.95. The third-order valence-corrected chi connectivity index (χ3v) is 5.94. The number of piperidine rings is 4. The molecule has 0 aromatic heterocycles. The van der Waals surface area contributed by atoms with E-state index in [1.54, 1.807) is 0 Å². The molecule has 19 heavy (non-hydrogen) atoms. The molecule has 4 aliphatic rings. The Labute approximate surface area is 114 Å². The standard InChI is InChI=1S/C15H24N2O2/c18-13-6-1-5-12-11-4-2-8-16-9-3-7-15(19,14(11)16)10-17(12)13/h11-12,14,19H,1-10H2/t11-,12+,14-,15+/m0/s1. The van der Waals surface area contributed by atoms with E-state index in [1.165, 1.54) is 12.8 Å². The van der Waals surface area contributed by atoms with Crippen molar-refractivity contribution >= 4 is 5.91 Å². The monoisotopic (exact) mass is 264 g/mol. The molecule has 0 aliphatic carbocycles. The van der Waals surface area contributed by atoms with Crippen LogP contribution < -0.4 is 0 Å². The molecule has 1 amide bonds. The smallest absolute Gasteiger partial charge is 0.222 e. The molecule has 4 saturated heterocycles. The predicted molar refractivity (Wildman–Crippen MR) is 71.6 cm³/mol. The van der Waals surface area contributed by atoms with E-state index in [0.29, 0.717) is 31.0 Å². The molecular formula is C15H24N2O2. The van der Waals surface area contributed by atoms with E-state index in [9.17, 15) is 9.90 Å². The maximum Gasteiger partial charge on any atom is 0.222 e. The molecule has 106 valence electrons. The second-order valence-electron chi connectivity index (χ2n) is 6.98. The minimum atomic E-state index is -0.632. The molecule has 0 radical (unpaired) electrons. The lowest BCUT2D eigenvalue weighted by molar-refractivity contribution is -0.190. The summed E-state index contributed by atoms with van der Waals surface area (Å²) in [4.78, 5) is 16.8. The molecule has 4 heteroatoms. The minimum Gasteiger partial charge on any atom is -0.386 e. The van der Waals surface area contributed by atoms with Gasteiger partial charge in [-0.25, -0.2) is 0 Å². The topological polar surface area (TPSA) is 43.8 Å². The van der Waals surface area contributed by atoms with Gasteiger partial charge in [-0.05, 0) is 57.5 Å². The summed E-state index contributed by atoms with van der Waals surface area (Å²) in [5.74, 6) is 0.794. The van der Waals surface area contributed by atoms with Crippen molar-refractivity contribution in [2.45, 2.75) is 62.6 Å². The Bertz CT molecular complexity index is 398. The van der Waals surface area contributed by atoms with E-state index >= 15 is 0 Å². The fourth-order valence-corrected chi connectivity index (χ4v) is 5.29. The third-order valence-electron chi connectivity index (χ3n) is 5.94. The molecule has 0 bridgehead atoms. The number of carbonyl (C=O) groups is 1. The predicted octanol–water partition coefficient (Wildman–Crippen LogP) is 0.987. The zero-order valence-corrected chi connectivity index (χ0v) is 11.6. The Morgan fingerprint density at radius 3 is 2.89 bits per heavy atom. The van der Waals surface area contributed by atoms with E-state index in [4.69, 9.17) is 0 Å². The second kappa shape index (κ2) is 4.19. The summed E-state index contributed by atoms with van der Waals surface area (Å²) in [5.41, 5.74) is -0.632. The highest BCUT2D eigenvalue weighted by Crippen LogP contribution is 2.46. The Morgan fingerprint density at radius 2 is 2.00 bits per heavy atom. The van der Waals surface area contributed by atoms with E-state index in [-0.39, 0.29) is 5.91 Å². The van der Waals surface area contributed by atoms with Crippen molar-refractivity contribution in [2.24, 2.45) is 5.92 Å². The van der Waals surface area contributed by atoms with Crippen molar-refractivity contribution < 1.29 is 9.90 Å². The van der Waals surface area contributed by atoms with Crippen LogP contribution in [0.5, 0.6) is 0 Å². The van der Waals surface area contributed by atoms with Gasteiger partial charge in [0.1, 0.15) is 0 Å². The van der Waals surface area contributed by atoms with Gasteiger partial charge < -0.3 is 10.0 Å². The molecule has 4 atom stereocenters. The van der Waals surface area contributed by atoms with Crippen molar-refractivity contribution in [3.05, 3.63) is 0 Å². The first kappa shape index (κ1) is 12.2. The second-order valence-corrected chi connectivity index (χ2v) is 6.98. The van der Waals surface area contributed by atoms with Crippen molar-refractivity contribution in [2.75, 3.05) is 19.6 Å². The summed E-state index contributed by atoms with van der Waals surface area (Å²) in [7, 11) is 0. The van der Waals surface area contributed by atoms with Gasteiger partial charge in [-0.15, -0.1) is 0 Å². The lowest BCUT2D eigenvalue weighted by Gasteiger charge is -2.61. The molecule has 0 saturated carbocycles. The number of nitrogens with zero attached hydrogens (tertiary/aromatic N) is 2. The molecule has 4 fully saturated rings. The van der Waals surface area contributed by atoms with E-state index in [2.05, 4.69) is 4.90 Å². The largest absolute Gasteiger partial charge is 0.386 e. The van der Waals surface area contributed by atoms with Gasteiger partial charge in [-0.1, -0.05) is 0 Å². The van der Waals surface area contributed by atoms with Gasteiger partial charge >= 0.3 is 0 Å². The van der Waals surface area contributed by atoms with Crippen LogP contribution in [0.4, 0.5) is 0 Å². The highest BCUT2D eigenvalue weighted by molar-refractivity contribution is 5.77. The average Bonchev–Trinajstić information content (AvgIpc) is 2.40. The zero-order valence-electron chi connectivity index (χ0n) is 11.6. The van der Waals surface area contributed by atoms with E-state index in [1.807, 2.05) is 4.90 Å². The number of hydrogen-bond donors (Lipinski definition) is 1. The van der Waals surface area contributed by atoms with Crippen molar-refractivity contribution in [3.8, 4) is 0 Å². The SMILES string of the molecule is O=C1CCC[C@@H]2[C@@H]3CCCN4CCC[C@@](O)(CN12)[C@H]34. The highest BCUT2D eigenvalue weighted by Gasteiger charge is 2.57. The molecule has 0 unspecified atom stereocenters. The number of fused-ring (bicyclic) bond motifs is 2. The minimum absolute atomic E-state index is 0.283. The van der Waals surface area contributed by atoms with Crippen LogP contribution >= 0.6 is 0 Å². The van der Waals surface area contributed by atoms with Crippen LogP contribution in [0.1, 0.15) is 44.9 Å². The molecular weight excluding hydrogens is 240 g/mol. The van der Waals surface area contributed by atoms with Gasteiger partial charge in [0.05, 0.1) is 12.1 Å². The highest BCUT2D eigenvalue weighted by atomic mass is 16.3. The van der Waals surface area contributed by atoms with Gasteiger partial charge in [0.25, 0.3) is 0 Å². The quantitative estimate of drug-likeness (QED) is 0.709. The fourth-order valence-electron chi connectivity index (χ4n) is 5.29. The number of hydrogen-bond acceptors (Lipinski definition) is 3. The van der Waals surface area contributed by atoms with Gasteiger partial charge in [-0.2, -0.15) is 0 Å². The average molecular weight is 264 g/mol. The molecule has 0 aromatic rings. The maximum absolute atomic E-state index is 12.2. The van der Waals surface area contributed by atoms with Crippen molar-refractivity contribution in [3.63, 3.8) is 0 Å². The number of aliphatic hydroxyl groups is 1. The summed E-state index contributed by atoms with van der Waals surface area (Å²) in [5, 5.41) is 11.1. The lowest BCUT2D eigenvalue weighted by atomic mass is 9.66. The van der Waals surface area contributed by atoms with Crippen molar-refractivity contribution in [1.82, 2.24) is 9.80 Å². The summed E-state index contributed by atoms with van der Waals surface area (Å²) in [6.45, 7) is 2.88. The van der Waals surface area contributed by atoms with Crippen LogP contribution in [0.3, 0.4) is 0 Å². The fraction of sp³-hybridized carbons (Fsp3) is 0.933. The molecule has 4 nitrogen and oxygen atoms in total. The molecule has 4 rings (SSSR count). The first-order valence-corrected chi connectivity index (χ1v) is 7.95. The molecule has 4 heterocycles. The number of rotatable bonds is 0. The normalized spacial score (nSPS) is 46.7. The van der Waals surface area contributed by atoms with Crippen LogP contribution in [-0.2, 0) is 4.79 Å². The Kier molecular flexibility index (Phi) is 2.68. The Morgan fingerprint density at radius 1 is 1.16 bits per heavy atom. The van der Waals surface area contributed by atoms with E-state index < -0.39 is 5.60 Å². The van der Waals surface area contributed by atoms with Crippen LogP contribution in [0, 0.1) is 5.92 Å². The van der Waals surface area contributed by atoms with Gasteiger partial charge in [-0.3, -0.25) is 9.69 Å². The van der Waals surface area contributed by atoms with Gasteiger partial charge in [0.15, 0.2) is 0 Å². The van der Waals surface area contributed by atoms with Gasteiger partial charge in [0, 0.05) is 18.5 Å². The van der Waals surface area contributed by atoms with Gasteiger partial charge in [0.2, 0.25) is 5.91 Å². The van der Waals surface area contributed by atoms with Crippen LogP contribution in [0.2, 0.25) is 0 Å². The summed E-state index contributed by atoms with van der Waals surface area (Å²) < 4.78 is 0. The summed E-state index contributed by atoms with van der Waals surface area (Å²) in [6, 6.07) is 0.731. The van der Waals surface area contributed by atoms with Crippen molar-refractivity contribution in [1.29, 1.82) is 0 Å². The van der Waals surface area contributed by atoms with E-state index in [0.717, 1.165) is 38.8 Å². The van der Waals surface area contributed by atoms with Crippen LogP contribution in [0.25, 0.3) is 0 Å². The van der Waals surface area contributed by atoms with Crippen LogP contribution in [0.15, 0.2) is 0 Å². The first-order chi connectivity index (χ1) is 9.19. The molecule has 1 N–H and O–H groups in total. The Hall–Kier alpha value is -0.610. The summed E-state index contributed by atoms with van der Waals surface area (Å²) >= 11 is 0. The maximum atomic E-state index is 12.2. The number of amides is 1. The van der Waals surface area contributed by atoms with Crippen LogP contribution in [-0.4, -0.2) is 58.1 Å². The third kappa shape index (κ3) is 1.69. The Balaban J connectivity index is 1.71. The molecule has 0 spiro atoms. The number of carbonyl (C=O) groups excluding carboxylic acids is 1. The zero-order chi connectivity index (χ0) is 13.0. The summed E-state index contributed by atoms with van der Waals surface area (Å²) in [6.07, 6.45) is 7.26. The molecule has 4 aliphatic heterocycles.